The van der Waals surface area contributed by atoms with E-state index in [0.29, 0.717) is 28.4 Å². The molecule has 0 spiro atoms. The Morgan fingerprint density at radius 3 is 3.00 bits per heavy atom. The first kappa shape index (κ1) is 18.6. The van der Waals surface area contributed by atoms with Crippen LogP contribution in [0, 0.1) is 0 Å². The first-order valence-electron chi connectivity index (χ1n) is 8.94. The van der Waals surface area contributed by atoms with Crippen LogP contribution in [-0.2, 0) is 16.1 Å². The van der Waals surface area contributed by atoms with Gasteiger partial charge < -0.3 is 14.5 Å². The van der Waals surface area contributed by atoms with Gasteiger partial charge in [0, 0.05) is 18.9 Å². The van der Waals surface area contributed by atoms with Gasteiger partial charge in [0.15, 0.2) is 11.5 Å². The van der Waals surface area contributed by atoms with E-state index in [0.717, 1.165) is 19.4 Å². The molecule has 1 saturated heterocycles. The number of fused-ring (bicyclic) bond motifs is 1. The van der Waals surface area contributed by atoms with Gasteiger partial charge in [-0.15, -0.1) is 5.10 Å². The maximum Gasteiger partial charge on any atom is 0.234 e. The molecule has 0 saturated carbocycles. The molecule has 1 aromatic carbocycles. The van der Waals surface area contributed by atoms with Gasteiger partial charge in [-0.1, -0.05) is 23.9 Å². The summed E-state index contributed by atoms with van der Waals surface area (Å²) in [5.41, 5.74) is 0.948. The summed E-state index contributed by atoms with van der Waals surface area (Å²) in [7, 11) is 0. The summed E-state index contributed by atoms with van der Waals surface area (Å²) in [6.07, 6.45) is 2.12. The van der Waals surface area contributed by atoms with Crippen molar-refractivity contribution in [3.8, 4) is 0 Å². The minimum absolute atomic E-state index is 0.0999. The van der Waals surface area contributed by atoms with Gasteiger partial charge in [-0.2, -0.15) is 0 Å². The molecule has 1 aliphatic heterocycles. The van der Waals surface area contributed by atoms with Crippen LogP contribution < -0.4 is 5.32 Å². The molecule has 1 atom stereocenters. The number of furan rings is 1. The number of hydrogen-bond acceptors (Lipinski definition) is 8. The van der Waals surface area contributed by atoms with Crippen LogP contribution in [0.25, 0.3) is 11.0 Å². The lowest BCUT2D eigenvalue weighted by Crippen LogP contribution is -2.18. The number of nitrogens with one attached hydrogen (secondary N) is 1. The third-order valence-electron chi connectivity index (χ3n) is 4.41. The minimum atomic E-state index is -0.272. The van der Waals surface area contributed by atoms with Crippen molar-refractivity contribution in [1.82, 2.24) is 20.2 Å². The zero-order chi connectivity index (χ0) is 19.5. The number of nitrogens with zero attached hydrogens (tertiary/aromatic N) is 4. The number of thioether (sulfide) groups is 1. The van der Waals surface area contributed by atoms with Crippen molar-refractivity contribution >= 4 is 40.1 Å². The number of para-hydroxylation sites is 1. The fourth-order valence-electron chi connectivity index (χ4n) is 3.12. The van der Waals surface area contributed by atoms with Gasteiger partial charge >= 0.3 is 0 Å². The Kier molecular flexibility index (Phi) is 5.40. The van der Waals surface area contributed by atoms with Crippen molar-refractivity contribution in [2.24, 2.45) is 0 Å². The van der Waals surface area contributed by atoms with Crippen LogP contribution >= 0.6 is 11.8 Å². The average molecular weight is 401 g/mol. The highest BCUT2D eigenvalue weighted by molar-refractivity contribution is 7.99. The summed E-state index contributed by atoms with van der Waals surface area (Å²) >= 11 is 1.23. The lowest BCUT2D eigenvalue weighted by Gasteiger charge is -2.10. The van der Waals surface area contributed by atoms with E-state index >= 15 is 0 Å². The lowest BCUT2D eigenvalue weighted by molar-refractivity contribution is -0.113. The van der Waals surface area contributed by atoms with E-state index in [1.54, 1.807) is 16.8 Å². The van der Waals surface area contributed by atoms with Crippen LogP contribution in [0.4, 0.5) is 5.69 Å². The van der Waals surface area contributed by atoms with E-state index in [-0.39, 0.29) is 29.3 Å². The number of benzene rings is 1. The zero-order valence-corrected chi connectivity index (χ0v) is 16.1. The number of Topliss-reactive ketones (excluding diaryl/α,β-unsaturated/α-hetero) is 1. The topological polar surface area (TPSA) is 112 Å². The second kappa shape index (κ2) is 8.11. The molecule has 0 radical (unpaired) electrons. The number of hydrogen-bond donors (Lipinski definition) is 1. The molecule has 1 aliphatic rings. The molecular formula is C18H19N5O4S. The van der Waals surface area contributed by atoms with Crippen LogP contribution in [0.3, 0.4) is 0 Å². The SMILES string of the molecule is CC(=O)c1oc2ccccc2c1NC(=O)CSc1nnnn1C[C@@H]1CCCO1. The van der Waals surface area contributed by atoms with E-state index in [4.69, 9.17) is 9.15 Å². The standard InChI is InChI=1S/C18H19N5O4S/c1-11(24)17-16(13-6-2-3-7-14(13)27-17)19-15(25)10-28-18-20-21-22-23(18)9-12-5-4-8-26-12/h2-3,6-7,12H,4-5,8-10H2,1H3,(H,19,25)/t12-/m0/s1. The minimum Gasteiger partial charge on any atom is -0.451 e. The van der Waals surface area contributed by atoms with Crippen LogP contribution in [0.1, 0.15) is 30.3 Å². The van der Waals surface area contributed by atoms with Gasteiger partial charge in [0.05, 0.1) is 24.1 Å². The molecule has 1 fully saturated rings. The van der Waals surface area contributed by atoms with Crippen molar-refractivity contribution in [2.45, 2.75) is 37.6 Å². The Bertz CT molecular complexity index is 1010. The maximum atomic E-state index is 12.5. The van der Waals surface area contributed by atoms with Gasteiger partial charge in [0.1, 0.15) is 5.58 Å². The average Bonchev–Trinajstić information content (AvgIpc) is 3.41. The molecule has 0 unspecified atom stereocenters. The third kappa shape index (κ3) is 3.92. The summed E-state index contributed by atoms with van der Waals surface area (Å²) < 4.78 is 12.8. The quantitative estimate of drug-likeness (QED) is 0.475. The molecule has 2 aromatic heterocycles. The lowest BCUT2D eigenvalue weighted by atomic mass is 10.2. The molecule has 3 heterocycles. The van der Waals surface area contributed by atoms with E-state index in [9.17, 15) is 9.59 Å². The first-order chi connectivity index (χ1) is 13.6. The number of anilines is 1. The molecule has 1 amide bonds. The Labute approximate surface area is 164 Å². The van der Waals surface area contributed by atoms with E-state index < -0.39 is 0 Å². The molecule has 3 aromatic rings. The third-order valence-corrected chi connectivity index (χ3v) is 5.37. The highest BCUT2D eigenvalue weighted by atomic mass is 32.2. The first-order valence-corrected chi connectivity index (χ1v) is 9.93. The molecule has 146 valence electrons. The number of aromatic nitrogens is 4. The van der Waals surface area contributed by atoms with Crippen molar-refractivity contribution in [2.75, 3.05) is 17.7 Å². The molecule has 10 heteroatoms. The van der Waals surface area contributed by atoms with Crippen LogP contribution in [-0.4, -0.2) is 50.4 Å². The Morgan fingerprint density at radius 1 is 1.36 bits per heavy atom. The fourth-order valence-corrected chi connectivity index (χ4v) is 3.81. The number of tetrazole rings is 1. The van der Waals surface area contributed by atoms with Crippen molar-refractivity contribution in [1.29, 1.82) is 0 Å². The van der Waals surface area contributed by atoms with E-state index in [1.807, 2.05) is 12.1 Å². The van der Waals surface area contributed by atoms with Crippen molar-refractivity contribution < 1.29 is 18.7 Å². The molecule has 0 aliphatic carbocycles. The fraction of sp³-hybridized carbons (Fsp3) is 0.389. The van der Waals surface area contributed by atoms with Crippen LogP contribution in [0.15, 0.2) is 33.8 Å². The normalized spacial score (nSPS) is 16.5. The Hall–Kier alpha value is -2.72. The van der Waals surface area contributed by atoms with Gasteiger partial charge in [0.2, 0.25) is 11.1 Å². The molecule has 4 rings (SSSR count). The van der Waals surface area contributed by atoms with E-state index in [2.05, 4.69) is 20.8 Å². The molecular weight excluding hydrogens is 382 g/mol. The maximum absolute atomic E-state index is 12.5. The predicted octanol–water partition coefficient (Wildman–Crippen LogP) is 2.53. The largest absolute Gasteiger partial charge is 0.451 e. The number of rotatable bonds is 7. The summed E-state index contributed by atoms with van der Waals surface area (Å²) in [6, 6.07) is 7.19. The van der Waals surface area contributed by atoms with Crippen molar-refractivity contribution in [3.05, 3.63) is 30.0 Å². The second-order valence-corrected chi connectivity index (χ2v) is 7.42. The summed E-state index contributed by atoms with van der Waals surface area (Å²) in [5, 5.41) is 15.7. The van der Waals surface area contributed by atoms with Gasteiger partial charge in [0.25, 0.3) is 0 Å². The Balaban J connectivity index is 1.43. The molecule has 28 heavy (non-hydrogen) atoms. The molecule has 1 N–H and O–H groups in total. The number of ether oxygens (including phenoxy) is 1. The van der Waals surface area contributed by atoms with Crippen LogP contribution in [0.5, 0.6) is 0 Å². The summed E-state index contributed by atoms with van der Waals surface area (Å²) in [4.78, 5) is 24.4. The smallest absolute Gasteiger partial charge is 0.234 e. The predicted molar refractivity (Wildman–Crippen MR) is 102 cm³/mol. The highest BCUT2D eigenvalue weighted by Gasteiger charge is 2.21. The number of carbonyl (C=O) groups is 2. The van der Waals surface area contributed by atoms with Gasteiger partial charge in [-0.3, -0.25) is 9.59 Å². The van der Waals surface area contributed by atoms with E-state index in [1.165, 1.54) is 18.7 Å². The number of carbonyl (C=O) groups excluding carboxylic acids is 2. The van der Waals surface area contributed by atoms with Gasteiger partial charge in [-0.05, 0) is 35.4 Å². The highest BCUT2D eigenvalue weighted by Crippen LogP contribution is 2.31. The summed E-state index contributed by atoms with van der Waals surface area (Å²) in [6.45, 7) is 2.73. The van der Waals surface area contributed by atoms with Crippen LogP contribution in [0.2, 0.25) is 0 Å². The van der Waals surface area contributed by atoms with Gasteiger partial charge in [-0.25, -0.2) is 4.68 Å². The number of ketones is 1. The molecule has 0 bridgehead atoms. The number of amides is 1. The van der Waals surface area contributed by atoms with Crippen molar-refractivity contribution in [3.63, 3.8) is 0 Å². The molecule has 9 nitrogen and oxygen atoms in total. The zero-order valence-electron chi connectivity index (χ0n) is 15.3. The second-order valence-electron chi connectivity index (χ2n) is 6.47. The summed E-state index contributed by atoms with van der Waals surface area (Å²) in [5.74, 6) is -0.281. The Morgan fingerprint density at radius 2 is 2.21 bits per heavy atom. The monoisotopic (exact) mass is 401 g/mol.